The van der Waals surface area contributed by atoms with Crippen LogP contribution in [-0.2, 0) is 17.8 Å². The Labute approximate surface area is 192 Å². The fourth-order valence-corrected chi connectivity index (χ4v) is 4.72. The van der Waals surface area contributed by atoms with E-state index in [0.717, 1.165) is 56.4 Å². The molecule has 1 aliphatic heterocycles. The molecule has 7 heteroatoms. The van der Waals surface area contributed by atoms with Gasteiger partial charge in [0, 0.05) is 56.6 Å². The number of carbonyl (C=O) groups excluding carboxylic acids is 1. The molecule has 32 heavy (non-hydrogen) atoms. The Morgan fingerprint density at radius 1 is 1.03 bits per heavy atom. The van der Waals surface area contributed by atoms with Crippen LogP contribution in [0.15, 0.2) is 53.3 Å². The summed E-state index contributed by atoms with van der Waals surface area (Å²) in [4.78, 5) is 34.9. The van der Waals surface area contributed by atoms with E-state index in [1.165, 1.54) is 5.56 Å². The summed E-state index contributed by atoms with van der Waals surface area (Å²) in [5.74, 6) is 0.876. The number of aryl methyl sites for hydroxylation is 1. The maximum atomic E-state index is 13.0. The number of carbonyl (C=O) groups is 1. The van der Waals surface area contributed by atoms with Crippen LogP contribution in [0.5, 0.6) is 0 Å². The van der Waals surface area contributed by atoms with Gasteiger partial charge in [0.05, 0.1) is 10.9 Å². The van der Waals surface area contributed by atoms with Crippen LogP contribution in [0.25, 0.3) is 10.9 Å². The Balaban J connectivity index is 1.21. The van der Waals surface area contributed by atoms with Crippen LogP contribution in [0.1, 0.15) is 36.7 Å². The Morgan fingerprint density at radius 3 is 2.56 bits per heavy atom. The van der Waals surface area contributed by atoms with Crippen molar-refractivity contribution in [1.29, 1.82) is 0 Å². The third kappa shape index (κ3) is 4.57. The monoisotopic (exact) mass is 450 g/mol. The van der Waals surface area contributed by atoms with Crippen molar-refractivity contribution in [3.05, 3.63) is 75.3 Å². The fraction of sp³-hybridized carbons (Fsp3) is 0.400. The smallest absolute Gasteiger partial charge is 0.261 e. The highest BCUT2D eigenvalue weighted by Crippen LogP contribution is 2.35. The van der Waals surface area contributed by atoms with Crippen LogP contribution in [0.3, 0.4) is 0 Å². The predicted molar refractivity (Wildman–Crippen MR) is 126 cm³/mol. The molecule has 0 spiro atoms. The summed E-state index contributed by atoms with van der Waals surface area (Å²) < 4.78 is 1.83. The first-order valence-electron chi connectivity index (χ1n) is 11.3. The Bertz CT molecular complexity index is 1200. The molecule has 166 valence electrons. The van der Waals surface area contributed by atoms with Crippen molar-refractivity contribution in [2.75, 3.05) is 26.2 Å². The third-order valence-corrected chi connectivity index (χ3v) is 6.61. The van der Waals surface area contributed by atoms with Gasteiger partial charge in [0.1, 0.15) is 5.82 Å². The highest BCUT2D eigenvalue weighted by molar-refractivity contribution is 6.30. The highest BCUT2D eigenvalue weighted by Gasteiger charge is 2.29. The van der Waals surface area contributed by atoms with Gasteiger partial charge in [0.25, 0.3) is 5.56 Å². The topological polar surface area (TPSA) is 58.4 Å². The third-order valence-electron chi connectivity index (χ3n) is 6.38. The van der Waals surface area contributed by atoms with Gasteiger partial charge in [-0.2, -0.15) is 0 Å². The van der Waals surface area contributed by atoms with Crippen molar-refractivity contribution in [1.82, 2.24) is 19.4 Å². The largest absolute Gasteiger partial charge is 0.340 e. The van der Waals surface area contributed by atoms with Gasteiger partial charge >= 0.3 is 0 Å². The molecular weight excluding hydrogens is 424 g/mol. The maximum absolute atomic E-state index is 13.0. The molecule has 1 saturated carbocycles. The molecule has 2 aromatic carbocycles. The van der Waals surface area contributed by atoms with Crippen LogP contribution in [0, 0.1) is 0 Å². The number of aromatic nitrogens is 2. The minimum absolute atomic E-state index is 0.0233. The van der Waals surface area contributed by atoms with Gasteiger partial charge < -0.3 is 4.90 Å². The summed E-state index contributed by atoms with van der Waals surface area (Å²) in [7, 11) is 0. The summed E-state index contributed by atoms with van der Waals surface area (Å²) >= 11 is 6.09. The van der Waals surface area contributed by atoms with Gasteiger partial charge in [-0.25, -0.2) is 4.98 Å². The molecule has 1 amide bonds. The lowest BCUT2D eigenvalue weighted by atomic mass is 10.2. The molecular formula is C25H27ClN4O2. The van der Waals surface area contributed by atoms with Crippen molar-refractivity contribution in [3.8, 4) is 0 Å². The number of piperazine rings is 1. The van der Waals surface area contributed by atoms with Gasteiger partial charge in [0.2, 0.25) is 5.91 Å². The average Bonchev–Trinajstić information content (AvgIpc) is 3.63. The second kappa shape index (κ2) is 9.04. The zero-order valence-corrected chi connectivity index (χ0v) is 18.8. The van der Waals surface area contributed by atoms with Crippen molar-refractivity contribution < 1.29 is 4.79 Å². The van der Waals surface area contributed by atoms with Gasteiger partial charge in [-0.3, -0.25) is 19.1 Å². The van der Waals surface area contributed by atoms with E-state index in [-0.39, 0.29) is 17.5 Å². The lowest BCUT2D eigenvalue weighted by Gasteiger charge is -2.35. The number of hydrogen-bond acceptors (Lipinski definition) is 4. The number of benzene rings is 2. The van der Waals surface area contributed by atoms with E-state index in [1.54, 1.807) is 0 Å². The fourth-order valence-electron chi connectivity index (χ4n) is 4.50. The summed E-state index contributed by atoms with van der Waals surface area (Å²) in [6, 6.07) is 15.6. The number of nitrogens with zero attached hydrogens (tertiary/aromatic N) is 4. The Kier molecular flexibility index (Phi) is 5.98. The Morgan fingerprint density at radius 2 is 1.81 bits per heavy atom. The molecule has 0 bridgehead atoms. The van der Waals surface area contributed by atoms with Crippen molar-refractivity contribution in [2.45, 2.75) is 38.3 Å². The molecule has 5 rings (SSSR count). The molecule has 2 heterocycles. The summed E-state index contributed by atoms with van der Waals surface area (Å²) in [6.07, 6.45) is 2.90. The number of rotatable bonds is 6. The van der Waals surface area contributed by atoms with Crippen LogP contribution in [-0.4, -0.2) is 51.4 Å². The molecule has 0 unspecified atom stereocenters. The first-order chi connectivity index (χ1) is 15.6. The molecule has 1 saturated heterocycles. The lowest BCUT2D eigenvalue weighted by Crippen LogP contribution is -2.48. The minimum atomic E-state index is 0.0233. The summed E-state index contributed by atoms with van der Waals surface area (Å²) in [5.41, 5.74) is 1.93. The van der Waals surface area contributed by atoms with E-state index < -0.39 is 0 Å². The molecule has 6 nitrogen and oxygen atoms in total. The molecule has 0 radical (unpaired) electrons. The second-order valence-corrected chi connectivity index (χ2v) is 9.17. The SMILES string of the molecule is O=C(CCc1nc2ccccc2c(=O)n1C1CC1)N1CCN(Cc2cccc(Cl)c2)CC1. The quantitative estimate of drug-likeness (QED) is 0.575. The van der Waals surface area contributed by atoms with Crippen LogP contribution in [0.4, 0.5) is 0 Å². The number of amides is 1. The molecule has 2 fully saturated rings. The first kappa shape index (κ1) is 21.2. The van der Waals surface area contributed by atoms with E-state index in [2.05, 4.69) is 11.0 Å². The molecule has 3 aromatic rings. The van der Waals surface area contributed by atoms with Gasteiger partial charge in [-0.1, -0.05) is 35.9 Å². The number of hydrogen-bond donors (Lipinski definition) is 0. The van der Waals surface area contributed by atoms with Crippen LogP contribution < -0.4 is 5.56 Å². The normalized spacial score (nSPS) is 17.1. The number of halogens is 1. The summed E-state index contributed by atoms with van der Waals surface area (Å²) in [6.45, 7) is 3.98. The van der Waals surface area contributed by atoms with E-state index in [1.807, 2.05) is 51.9 Å². The second-order valence-electron chi connectivity index (χ2n) is 8.74. The standard InChI is InChI=1S/C25H27ClN4O2/c26-19-5-3-4-18(16-19)17-28-12-14-29(15-13-28)24(31)11-10-23-27-22-7-2-1-6-21(22)25(32)30(23)20-8-9-20/h1-7,16,20H,8-15,17H2. The van der Waals surface area contributed by atoms with Gasteiger partial charge in [-0.05, 0) is 42.7 Å². The van der Waals surface area contributed by atoms with Gasteiger partial charge in [-0.15, -0.1) is 0 Å². The average molecular weight is 451 g/mol. The van der Waals surface area contributed by atoms with E-state index in [9.17, 15) is 9.59 Å². The number of para-hydroxylation sites is 1. The minimum Gasteiger partial charge on any atom is -0.340 e. The molecule has 1 aromatic heterocycles. The molecule has 0 atom stereocenters. The maximum Gasteiger partial charge on any atom is 0.261 e. The van der Waals surface area contributed by atoms with Gasteiger partial charge in [0.15, 0.2) is 0 Å². The predicted octanol–water partition coefficient (Wildman–Crippen LogP) is 3.66. The number of fused-ring (bicyclic) bond motifs is 1. The van der Waals surface area contributed by atoms with Crippen LogP contribution in [0.2, 0.25) is 5.02 Å². The first-order valence-corrected chi connectivity index (χ1v) is 11.7. The van der Waals surface area contributed by atoms with Crippen molar-refractivity contribution in [3.63, 3.8) is 0 Å². The summed E-state index contributed by atoms with van der Waals surface area (Å²) in [5, 5.41) is 1.41. The van der Waals surface area contributed by atoms with E-state index >= 15 is 0 Å². The molecule has 1 aliphatic carbocycles. The van der Waals surface area contributed by atoms with E-state index in [0.29, 0.717) is 23.7 Å². The molecule has 0 N–H and O–H groups in total. The van der Waals surface area contributed by atoms with Crippen molar-refractivity contribution in [2.24, 2.45) is 0 Å². The van der Waals surface area contributed by atoms with Crippen LogP contribution >= 0.6 is 11.6 Å². The Hall–Kier alpha value is -2.70. The molecule has 2 aliphatic rings. The van der Waals surface area contributed by atoms with E-state index in [4.69, 9.17) is 16.6 Å². The zero-order chi connectivity index (χ0) is 22.1. The lowest BCUT2D eigenvalue weighted by molar-refractivity contribution is -0.133. The zero-order valence-electron chi connectivity index (χ0n) is 18.0. The van der Waals surface area contributed by atoms with Crippen molar-refractivity contribution >= 4 is 28.4 Å². The highest BCUT2D eigenvalue weighted by atomic mass is 35.5.